The van der Waals surface area contributed by atoms with E-state index < -0.39 is 0 Å². The van der Waals surface area contributed by atoms with Crippen LogP contribution in [0.3, 0.4) is 0 Å². The third-order valence-corrected chi connectivity index (χ3v) is 4.17. The number of likely N-dealkylation sites (tertiary alicyclic amines) is 1. The molecule has 1 heterocycles. The molecule has 1 aliphatic heterocycles. The molecule has 0 aromatic rings. The topological polar surface area (TPSA) is 15.6 Å². The van der Waals surface area contributed by atoms with E-state index in [1.165, 1.54) is 14.7 Å². The summed E-state index contributed by atoms with van der Waals surface area (Å²) in [4.78, 5) is 7.32. The van der Waals surface area contributed by atoms with Crippen molar-refractivity contribution < 1.29 is 0 Å². The highest BCUT2D eigenvalue weighted by Gasteiger charge is 2.26. The Morgan fingerprint density at radius 1 is 1.15 bits per heavy atom. The largest absolute Gasteiger partial charge is 0.354 e. The first-order valence-electron chi connectivity index (χ1n) is 7.29. The van der Waals surface area contributed by atoms with E-state index in [9.17, 15) is 0 Å². The molecule has 0 atom stereocenters. The number of fused-ring (bicyclic) bond motifs is 1. The summed E-state index contributed by atoms with van der Waals surface area (Å²) >= 11 is 2.36. The summed E-state index contributed by atoms with van der Waals surface area (Å²) in [5.74, 6) is 1.16. The minimum absolute atomic E-state index is 0.316. The molecule has 0 aromatic carbocycles. The summed E-state index contributed by atoms with van der Waals surface area (Å²) in [6, 6.07) is 0.802. The van der Waals surface area contributed by atoms with Crippen molar-refractivity contribution in [2.75, 3.05) is 6.54 Å². The van der Waals surface area contributed by atoms with Crippen LogP contribution >= 0.6 is 22.6 Å². The number of nitrogens with zero attached hydrogens (tertiary/aromatic N) is 2. The van der Waals surface area contributed by atoms with E-state index in [1.807, 2.05) is 0 Å². The number of amidine groups is 1. The van der Waals surface area contributed by atoms with Crippen LogP contribution in [0.5, 0.6) is 0 Å². The molecule has 3 heteroatoms. The van der Waals surface area contributed by atoms with Gasteiger partial charge in [0.2, 0.25) is 0 Å². The molecule has 1 aliphatic carbocycles. The van der Waals surface area contributed by atoms with Gasteiger partial charge in [-0.15, -0.1) is 0 Å². The summed E-state index contributed by atoms with van der Waals surface area (Å²) in [6.45, 7) is 9.83. The summed E-state index contributed by atoms with van der Waals surface area (Å²) in [5, 5.41) is 0. The van der Waals surface area contributed by atoms with Gasteiger partial charge in [0.25, 0.3) is 0 Å². The Labute approximate surface area is 136 Å². The molecule has 0 spiro atoms. The second kappa shape index (κ2) is 6.74. The molecule has 108 valence electrons. The Kier molecular flexibility index (Phi) is 5.24. The molecular formula is C17H23IN2. The van der Waals surface area contributed by atoms with Gasteiger partial charge in [0.15, 0.2) is 0 Å². The van der Waals surface area contributed by atoms with Crippen LogP contribution < -0.4 is 0 Å². The molecule has 0 aromatic heterocycles. The zero-order chi connectivity index (χ0) is 14.7. The first-order valence-corrected chi connectivity index (χ1v) is 8.37. The van der Waals surface area contributed by atoms with E-state index >= 15 is 0 Å². The van der Waals surface area contributed by atoms with E-state index in [1.54, 1.807) is 0 Å². The fourth-order valence-electron chi connectivity index (χ4n) is 2.50. The summed E-state index contributed by atoms with van der Waals surface area (Å²) in [5.41, 5.74) is 2.69. The van der Waals surface area contributed by atoms with Crippen LogP contribution in [-0.2, 0) is 0 Å². The Bertz CT molecular complexity index is 519. The maximum absolute atomic E-state index is 4.89. The molecule has 2 rings (SSSR count). The minimum atomic E-state index is 0.316. The molecule has 1 saturated heterocycles. The van der Waals surface area contributed by atoms with E-state index in [0.29, 0.717) is 12.1 Å². The molecule has 0 bridgehead atoms. The zero-order valence-electron chi connectivity index (χ0n) is 12.7. The van der Waals surface area contributed by atoms with Crippen molar-refractivity contribution >= 4 is 28.4 Å². The van der Waals surface area contributed by atoms with Crippen LogP contribution in [0.25, 0.3) is 0 Å². The number of hydrogen-bond acceptors (Lipinski definition) is 1. The van der Waals surface area contributed by atoms with Gasteiger partial charge < -0.3 is 4.90 Å². The van der Waals surface area contributed by atoms with Crippen LogP contribution in [0.4, 0.5) is 0 Å². The lowest BCUT2D eigenvalue weighted by Gasteiger charge is -2.37. The van der Waals surface area contributed by atoms with Crippen LogP contribution in [-0.4, -0.2) is 29.4 Å². The summed E-state index contributed by atoms with van der Waals surface area (Å²) < 4.78 is 1.26. The van der Waals surface area contributed by atoms with E-state index in [-0.39, 0.29) is 0 Å². The van der Waals surface area contributed by atoms with Crippen LogP contribution in [0.15, 0.2) is 50.1 Å². The second-order valence-electron chi connectivity index (χ2n) is 5.77. The van der Waals surface area contributed by atoms with Gasteiger partial charge in [0, 0.05) is 27.8 Å². The SMILES string of the molecule is CC(C)/N=C1C2=C\C=C/C(I)=C\C=C/2CCN\1C(C)C. The normalized spacial score (nSPS) is 30.9. The third-order valence-electron chi connectivity index (χ3n) is 3.45. The molecule has 0 radical (unpaired) electrons. The standard InChI is InChI=1S/C17H23IN2/c1-12(2)19-17-16-7-5-6-15(18)9-8-14(16)10-11-20(17)13(3)4/h5-9,12-13H,10-11H2,1-4H3/b6-5-,7-5?,9-8?,14-8-,15-6?,15-9+,16-7+,19-17+. The molecule has 1 fully saturated rings. The van der Waals surface area contributed by atoms with Crippen molar-refractivity contribution in [3.63, 3.8) is 0 Å². The average molecular weight is 382 g/mol. The highest BCUT2D eigenvalue weighted by molar-refractivity contribution is 14.1. The number of allylic oxidation sites excluding steroid dienone is 6. The number of hydrogen-bond donors (Lipinski definition) is 0. The fraction of sp³-hybridized carbons (Fsp3) is 0.471. The van der Waals surface area contributed by atoms with Crippen molar-refractivity contribution in [2.24, 2.45) is 4.99 Å². The average Bonchev–Trinajstić information content (AvgIpc) is 2.34. The van der Waals surface area contributed by atoms with Gasteiger partial charge in [-0.1, -0.05) is 18.2 Å². The van der Waals surface area contributed by atoms with Crippen LogP contribution in [0.1, 0.15) is 34.1 Å². The molecule has 2 aliphatic rings. The highest BCUT2D eigenvalue weighted by Crippen LogP contribution is 2.28. The molecule has 2 nitrogen and oxygen atoms in total. The van der Waals surface area contributed by atoms with E-state index in [0.717, 1.165) is 18.8 Å². The predicted molar refractivity (Wildman–Crippen MR) is 96.4 cm³/mol. The van der Waals surface area contributed by atoms with Crippen molar-refractivity contribution in [1.82, 2.24) is 4.90 Å². The van der Waals surface area contributed by atoms with Gasteiger partial charge in [0.1, 0.15) is 5.84 Å². The second-order valence-corrected chi connectivity index (χ2v) is 7.01. The molecule has 0 saturated carbocycles. The number of halogens is 1. The van der Waals surface area contributed by atoms with Gasteiger partial charge in [0.05, 0.1) is 0 Å². The van der Waals surface area contributed by atoms with Crippen molar-refractivity contribution in [2.45, 2.75) is 46.2 Å². The van der Waals surface area contributed by atoms with Gasteiger partial charge in [-0.2, -0.15) is 0 Å². The number of rotatable bonds is 2. The van der Waals surface area contributed by atoms with E-state index in [4.69, 9.17) is 4.99 Å². The number of piperidine rings is 1. The summed E-state index contributed by atoms with van der Waals surface area (Å²) in [7, 11) is 0. The Hall–Kier alpha value is -0.840. The molecular weight excluding hydrogens is 359 g/mol. The van der Waals surface area contributed by atoms with Crippen molar-refractivity contribution in [1.29, 1.82) is 0 Å². The monoisotopic (exact) mass is 382 g/mol. The molecule has 0 amide bonds. The van der Waals surface area contributed by atoms with Gasteiger partial charge in [-0.3, -0.25) is 4.99 Å². The third kappa shape index (κ3) is 3.62. The van der Waals surface area contributed by atoms with Crippen molar-refractivity contribution in [3.05, 3.63) is 45.1 Å². The lowest BCUT2D eigenvalue weighted by Crippen LogP contribution is -2.43. The molecule has 20 heavy (non-hydrogen) atoms. The Morgan fingerprint density at radius 2 is 1.90 bits per heavy atom. The minimum Gasteiger partial charge on any atom is -0.354 e. The predicted octanol–water partition coefficient (Wildman–Crippen LogP) is 4.65. The molecule has 0 N–H and O–H groups in total. The quantitative estimate of drug-likeness (QED) is 0.635. The summed E-state index contributed by atoms with van der Waals surface area (Å²) in [6.07, 6.45) is 12.0. The smallest absolute Gasteiger partial charge is 0.131 e. The highest BCUT2D eigenvalue weighted by atomic mass is 127. The van der Waals surface area contributed by atoms with Crippen LogP contribution in [0, 0.1) is 0 Å². The van der Waals surface area contributed by atoms with Crippen molar-refractivity contribution in [3.8, 4) is 0 Å². The lowest BCUT2D eigenvalue weighted by molar-refractivity contribution is 0.343. The van der Waals surface area contributed by atoms with Gasteiger partial charge in [-0.25, -0.2) is 0 Å². The van der Waals surface area contributed by atoms with Crippen LogP contribution in [0.2, 0.25) is 0 Å². The van der Waals surface area contributed by atoms with E-state index in [2.05, 4.69) is 85.6 Å². The maximum Gasteiger partial charge on any atom is 0.131 e. The first-order chi connectivity index (χ1) is 9.49. The van der Waals surface area contributed by atoms with Gasteiger partial charge in [-0.05, 0) is 74.4 Å². The fourth-order valence-corrected chi connectivity index (χ4v) is 2.88. The molecule has 0 unspecified atom stereocenters. The Morgan fingerprint density at radius 3 is 2.55 bits per heavy atom. The Balaban J connectivity index is 2.46. The maximum atomic E-state index is 4.89. The first kappa shape index (κ1) is 15.5. The zero-order valence-corrected chi connectivity index (χ0v) is 14.9. The lowest BCUT2D eigenvalue weighted by atomic mass is 9.93. The number of aliphatic imine (C=N–C) groups is 1. The van der Waals surface area contributed by atoms with Gasteiger partial charge >= 0.3 is 0 Å².